The second-order valence-corrected chi connectivity index (χ2v) is 5.09. The third-order valence-electron chi connectivity index (χ3n) is 2.14. The number of hydrogen-bond donors (Lipinski definition) is 2. The standard InChI is InChI=1S/C11H15BF2O2/c1-11(2,3)6-7-4-8(12(15)16)5-9(13)10(7)14/h4-5,15-16H,6H2,1-3H3. The van der Waals surface area contributed by atoms with Gasteiger partial charge in [-0.1, -0.05) is 26.8 Å². The number of benzene rings is 1. The summed E-state index contributed by atoms with van der Waals surface area (Å²) in [6, 6.07) is 2.08. The minimum Gasteiger partial charge on any atom is -0.423 e. The van der Waals surface area contributed by atoms with Gasteiger partial charge in [0.05, 0.1) is 0 Å². The van der Waals surface area contributed by atoms with Crippen molar-refractivity contribution < 1.29 is 18.8 Å². The summed E-state index contributed by atoms with van der Waals surface area (Å²) in [5.41, 5.74) is -0.0690. The van der Waals surface area contributed by atoms with E-state index in [4.69, 9.17) is 10.0 Å². The van der Waals surface area contributed by atoms with Crippen LogP contribution in [0.25, 0.3) is 0 Å². The summed E-state index contributed by atoms with van der Waals surface area (Å²) in [5.74, 6) is -1.97. The number of hydrogen-bond acceptors (Lipinski definition) is 2. The Bertz CT molecular complexity index is 386. The Hall–Kier alpha value is -0.935. The zero-order valence-corrected chi connectivity index (χ0v) is 9.59. The highest BCUT2D eigenvalue weighted by Gasteiger charge is 2.21. The maximum Gasteiger partial charge on any atom is 0.488 e. The van der Waals surface area contributed by atoms with Crippen LogP contribution in [0, 0.1) is 17.0 Å². The van der Waals surface area contributed by atoms with Gasteiger partial charge in [-0.15, -0.1) is 0 Å². The van der Waals surface area contributed by atoms with Gasteiger partial charge in [0.25, 0.3) is 0 Å². The van der Waals surface area contributed by atoms with Crippen LogP contribution in [-0.2, 0) is 6.42 Å². The second kappa shape index (κ2) is 4.51. The Kier molecular flexibility index (Phi) is 3.70. The first-order valence-corrected chi connectivity index (χ1v) is 5.04. The Morgan fingerprint density at radius 2 is 1.75 bits per heavy atom. The van der Waals surface area contributed by atoms with Crippen LogP contribution in [0.5, 0.6) is 0 Å². The lowest BCUT2D eigenvalue weighted by Gasteiger charge is -2.19. The van der Waals surface area contributed by atoms with Gasteiger partial charge in [0.15, 0.2) is 11.6 Å². The molecule has 0 aliphatic rings. The Labute approximate surface area is 94.1 Å². The van der Waals surface area contributed by atoms with Gasteiger partial charge in [0.2, 0.25) is 0 Å². The molecule has 0 saturated carbocycles. The third kappa shape index (κ3) is 3.28. The van der Waals surface area contributed by atoms with E-state index >= 15 is 0 Å². The maximum atomic E-state index is 13.4. The van der Waals surface area contributed by atoms with Crippen molar-refractivity contribution in [1.29, 1.82) is 0 Å². The van der Waals surface area contributed by atoms with Gasteiger partial charge in [-0.2, -0.15) is 0 Å². The summed E-state index contributed by atoms with van der Waals surface area (Å²) in [6.45, 7) is 5.69. The first kappa shape index (κ1) is 13.1. The monoisotopic (exact) mass is 228 g/mol. The predicted molar refractivity (Wildman–Crippen MR) is 59.3 cm³/mol. The van der Waals surface area contributed by atoms with Crippen LogP contribution in [0.2, 0.25) is 0 Å². The van der Waals surface area contributed by atoms with Crippen molar-refractivity contribution in [1.82, 2.24) is 0 Å². The number of halogens is 2. The summed E-state index contributed by atoms with van der Waals surface area (Å²) in [6.07, 6.45) is 0.330. The second-order valence-electron chi connectivity index (χ2n) is 5.09. The molecule has 0 bridgehead atoms. The fourth-order valence-electron chi connectivity index (χ4n) is 1.52. The molecule has 0 fully saturated rings. The molecule has 0 spiro atoms. The minimum atomic E-state index is -1.78. The fraction of sp³-hybridized carbons (Fsp3) is 0.455. The third-order valence-corrected chi connectivity index (χ3v) is 2.14. The summed E-state index contributed by atoms with van der Waals surface area (Å²) in [5, 5.41) is 17.9. The topological polar surface area (TPSA) is 40.5 Å². The van der Waals surface area contributed by atoms with Gasteiger partial charge in [-0.25, -0.2) is 8.78 Å². The van der Waals surface area contributed by atoms with Crippen LogP contribution in [0.3, 0.4) is 0 Å². The lowest BCUT2D eigenvalue weighted by molar-refractivity contribution is 0.394. The Morgan fingerprint density at radius 1 is 1.19 bits per heavy atom. The van der Waals surface area contributed by atoms with Crippen LogP contribution in [0.1, 0.15) is 26.3 Å². The van der Waals surface area contributed by atoms with Crippen molar-refractivity contribution in [2.75, 3.05) is 0 Å². The van der Waals surface area contributed by atoms with Gasteiger partial charge in [-0.05, 0) is 28.9 Å². The molecule has 2 nitrogen and oxygen atoms in total. The van der Waals surface area contributed by atoms with Gasteiger partial charge < -0.3 is 10.0 Å². The van der Waals surface area contributed by atoms with Crippen LogP contribution in [0.4, 0.5) is 8.78 Å². The minimum absolute atomic E-state index is 0.0295. The fourth-order valence-corrected chi connectivity index (χ4v) is 1.52. The summed E-state index contributed by atoms with van der Waals surface area (Å²) in [7, 11) is -1.78. The molecule has 0 aliphatic heterocycles. The van der Waals surface area contributed by atoms with Crippen molar-refractivity contribution in [3.8, 4) is 0 Å². The largest absolute Gasteiger partial charge is 0.488 e. The molecule has 88 valence electrons. The lowest BCUT2D eigenvalue weighted by atomic mass is 9.77. The molecule has 5 heteroatoms. The van der Waals surface area contributed by atoms with E-state index in [0.717, 1.165) is 6.07 Å². The van der Waals surface area contributed by atoms with Gasteiger partial charge in [0.1, 0.15) is 0 Å². The highest BCUT2D eigenvalue weighted by Crippen LogP contribution is 2.22. The average molecular weight is 228 g/mol. The Balaban J connectivity index is 3.17. The van der Waals surface area contributed by atoms with Crippen LogP contribution in [0.15, 0.2) is 12.1 Å². The van der Waals surface area contributed by atoms with Crippen LogP contribution >= 0.6 is 0 Å². The van der Waals surface area contributed by atoms with Crippen molar-refractivity contribution in [3.63, 3.8) is 0 Å². The molecular weight excluding hydrogens is 213 g/mol. The van der Waals surface area contributed by atoms with E-state index in [1.807, 2.05) is 20.8 Å². The average Bonchev–Trinajstić information content (AvgIpc) is 2.10. The molecule has 0 amide bonds. The molecule has 0 radical (unpaired) electrons. The molecule has 0 aromatic heterocycles. The molecule has 0 atom stereocenters. The molecule has 1 aromatic rings. The van der Waals surface area contributed by atoms with Gasteiger partial charge >= 0.3 is 7.12 Å². The van der Waals surface area contributed by atoms with Crippen molar-refractivity contribution in [2.45, 2.75) is 27.2 Å². The molecule has 0 aliphatic carbocycles. The molecule has 0 saturated heterocycles. The van der Waals surface area contributed by atoms with E-state index in [9.17, 15) is 8.78 Å². The van der Waals surface area contributed by atoms with E-state index in [-0.39, 0.29) is 16.4 Å². The van der Waals surface area contributed by atoms with Gasteiger partial charge in [-0.3, -0.25) is 0 Å². The van der Waals surface area contributed by atoms with Crippen molar-refractivity contribution in [2.24, 2.45) is 5.41 Å². The molecule has 0 unspecified atom stereocenters. The quantitative estimate of drug-likeness (QED) is 0.747. The van der Waals surface area contributed by atoms with E-state index < -0.39 is 18.8 Å². The molecule has 0 heterocycles. The lowest BCUT2D eigenvalue weighted by Crippen LogP contribution is -2.31. The van der Waals surface area contributed by atoms with E-state index in [2.05, 4.69) is 0 Å². The summed E-state index contributed by atoms with van der Waals surface area (Å²) in [4.78, 5) is 0. The van der Waals surface area contributed by atoms with Crippen LogP contribution < -0.4 is 5.46 Å². The highest BCUT2D eigenvalue weighted by molar-refractivity contribution is 6.58. The first-order chi connectivity index (χ1) is 7.20. The molecule has 1 aromatic carbocycles. The molecule has 1 rings (SSSR count). The smallest absolute Gasteiger partial charge is 0.423 e. The molecular formula is C11H15BF2O2. The number of rotatable bonds is 2. The molecule has 2 N–H and O–H groups in total. The van der Waals surface area contributed by atoms with E-state index in [0.29, 0.717) is 6.42 Å². The van der Waals surface area contributed by atoms with Crippen molar-refractivity contribution >= 4 is 12.6 Å². The van der Waals surface area contributed by atoms with Crippen LogP contribution in [-0.4, -0.2) is 17.2 Å². The van der Waals surface area contributed by atoms with E-state index in [1.165, 1.54) is 6.07 Å². The zero-order valence-electron chi connectivity index (χ0n) is 9.59. The summed E-state index contributed by atoms with van der Waals surface area (Å²) >= 11 is 0. The highest BCUT2D eigenvalue weighted by atomic mass is 19.2. The normalized spacial score (nSPS) is 11.7. The maximum absolute atomic E-state index is 13.4. The molecule has 16 heavy (non-hydrogen) atoms. The first-order valence-electron chi connectivity index (χ1n) is 5.04. The summed E-state index contributed by atoms with van der Waals surface area (Å²) < 4.78 is 26.6. The zero-order chi connectivity index (χ0) is 12.5. The van der Waals surface area contributed by atoms with Crippen molar-refractivity contribution in [3.05, 3.63) is 29.3 Å². The Morgan fingerprint density at radius 3 is 2.19 bits per heavy atom. The SMILES string of the molecule is CC(C)(C)Cc1cc(B(O)O)cc(F)c1F. The van der Waals surface area contributed by atoms with E-state index in [1.54, 1.807) is 0 Å². The predicted octanol–water partition coefficient (Wildman–Crippen LogP) is 1.23. The van der Waals surface area contributed by atoms with Gasteiger partial charge in [0, 0.05) is 0 Å².